The van der Waals surface area contributed by atoms with Crippen molar-refractivity contribution in [3.8, 4) is 0 Å². The van der Waals surface area contributed by atoms with Crippen LogP contribution in [0.3, 0.4) is 0 Å². The lowest BCUT2D eigenvalue weighted by Gasteiger charge is -2.43. The molecule has 1 saturated heterocycles. The van der Waals surface area contributed by atoms with Gasteiger partial charge in [0, 0.05) is 23.0 Å². The van der Waals surface area contributed by atoms with Crippen molar-refractivity contribution in [3.05, 3.63) is 76.9 Å². The maximum absolute atomic E-state index is 13.3. The topological polar surface area (TPSA) is 63.2 Å². The van der Waals surface area contributed by atoms with E-state index in [1.165, 1.54) is 0 Å². The third-order valence-corrected chi connectivity index (χ3v) is 5.74. The number of amides is 1. The van der Waals surface area contributed by atoms with E-state index in [2.05, 4.69) is 5.32 Å². The van der Waals surface area contributed by atoms with Crippen molar-refractivity contribution in [3.63, 3.8) is 0 Å². The molecular weight excluding hydrogens is 338 g/mol. The second-order valence-corrected chi connectivity index (χ2v) is 7.40. The highest BCUT2D eigenvalue weighted by Gasteiger charge is 2.52. The first kappa shape index (κ1) is 17.4. The van der Waals surface area contributed by atoms with Crippen molar-refractivity contribution in [1.82, 2.24) is 5.32 Å². The van der Waals surface area contributed by atoms with Gasteiger partial charge in [-0.2, -0.15) is 0 Å². The van der Waals surface area contributed by atoms with Crippen molar-refractivity contribution >= 4 is 23.5 Å². The zero-order valence-electron chi connectivity index (χ0n) is 15.3. The average Bonchev–Trinajstić information content (AvgIpc) is 2.68. The minimum absolute atomic E-state index is 0.0622. The van der Waals surface area contributed by atoms with Gasteiger partial charge in [-0.3, -0.25) is 14.4 Å². The second-order valence-electron chi connectivity index (χ2n) is 7.40. The molecular formula is C23H21NO3. The zero-order chi connectivity index (χ0) is 19.1. The van der Waals surface area contributed by atoms with E-state index in [1.807, 2.05) is 43.3 Å². The molecule has 0 unspecified atom stereocenters. The molecule has 4 rings (SSSR count). The van der Waals surface area contributed by atoms with Crippen LogP contribution in [0.1, 0.15) is 40.1 Å². The lowest BCUT2D eigenvalue weighted by atomic mass is 9.63. The maximum Gasteiger partial charge on any atom is 0.224 e. The van der Waals surface area contributed by atoms with Crippen LogP contribution >= 0.6 is 0 Å². The molecule has 2 aliphatic rings. The minimum Gasteiger partial charge on any atom is -0.349 e. The van der Waals surface area contributed by atoms with E-state index in [9.17, 15) is 14.4 Å². The van der Waals surface area contributed by atoms with Gasteiger partial charge in [0.25, 0.3) is 0 Å². The highest BCUT2D eigenvalue weighted by molar-refractivity contribution is 6.18. The number of ketones is 2. The predicted octanol–water partition coefficient (Wildman–Crippen LogP) is 3.54. The van der Waals surface area contributed by atoms with Crippen LogP contribution in [0.2, 0.25) is 0 Å². The Morgan fingerprint density at radius 1 is 0.852 bits per heavy atom. The average molecular weight is 359 g/mol. The van der Waals surface area contributed by atoms with E-state index in [4.69, 9.17) is 0 Å². The number of hydrogen-bond acceptors (Lipinski definition) is 3. The van der Waals surface area contributed by atoms with Crippen LogP contribution in [0.4, 0.5) is 0 Å². The molecule has 4 atom stereocenters. The molecule has 1 aliphatic carbocycles. The number of carbonyl (C=O) groups excluding carboxylic acids is 3. The number of fused-ring (bicyclic) bond motifs is 2. The molecule has 0 aromatic heterocycles. The summed E-state index contributed by atoms with van der Waals surface area (Å²) in [6, 6.07) is 16.2. The summed E-state index contributed by atoms with van der Waals surface area (Å²) < 4.78 is 0. The highest BCUT2D eigenvalue weighted by Crippen LogP contribution is 2.41. The van der Waals surface area contributed by atoms with Crippen LogP contribution in [0.15, 0.2) is 60.2 Å². The SMILES string of the molecule is C/C(=C\c1ccccc1)[C@H]1NC(=O)[C@@H](C)[C@H]2C(=O)c3ccccc3C(=O)[C@H]21. The molecule has 136 valence electrons. The van der Waals surface area contributed by atoms with Crippen molar-refractivity contribution in [2.45, 2.75) is 19.9 Å². The summed E-state index contributed by atoms with van der Waals surface area (Å²) in [6.07, 6.45) is 1.97. The molecule has 1 heterocycles. The van der Waals surface area contributed by atoms with Crippen molar-refractivity contribution < 1.29 is 14.4 Å². The molecule has 2 aromatic rings. The summed E-state index contributed by atoms with van der Waals surface area (Å²) in [4.78, 5) is 39.0. The van der Waals surface area contributed by atoms with Gasteiger partial charge in [0.15, 0.2) is 11.6 Å². The molecule has 4 nitrogen and oxygen atoms in total. The lowest BCUT2D eigenvalue weighted by Crippen LogP contribution is -2.60. The van der Waals surface area contributed by atoms with Crippen LogP contribution in [0.25, 0.3) is 6.08 Å². The van der Waals surface area contributed by atoms with Crippen molar-refractivity contribution in [2.24, 2.45) is 17.8 Å². The Balaban J connectivity index is 1.81. The fourth-order valence-electron chi connectivity index (χ4n) is 4.33. The zero-order valence-corrected chi connectivity index (χ0v) is 15.3. The molecule has 4 heteroatoms. The first-order valence-electron chi connectivity index (χ1n) is 9.20. The molecule has 2 aromatic carbocycles. The Kier molecular flexibility index (Phi) is 4.27. The maximum atomic E-state index is 13.3. The Morgan fingerprint density at radius 3 is 2.04 bits per heavy atom. The Hall–Kier alpha value is -3.01. The molecule has 0 spiro atoms. The van der Waals surface area contributed by atoms with E-state index in [1.54, 1.807) is 31.2 Å². The monoisotopic (exact) mass is 359 g/mol. The standard InChI is InChI=1S/C23H21NO3/c1-13(12-15-8-4-3-5-9-15)20-19-18(14(2)23(27)24-20)21(25)16-10-6-7-11-17(16)22(19)26/h3-12,14,18-20H,1-2H3,(H,24,27)/b13-12+/t14-,18+,19+,20+/m0/s1. The summed E-state index contributed by atoms with van der Waals surface area (Å²) in [6.45, 7) is 3.64. The number of nitrogens with one attached hydrogen (secondary N) is 1. The summed E-state index contributed by atoms with van der Waals surface area (Å²) >= 11 is 0. The quantitative estimate of drug-likeness (QED) is 0.892. The third-order valence-electron chi connectivity index (χ3n) is 5.74. The number of piperidine rings is 1. The molecule has 1 N–H and O–H groups in total. The van der Waals surface area contributed by atoms with Gasteiger partial charge >= 0.3 is 0 Å². The largest absolute Gasteiger partial charge is 0.349 e. The van der Waals surface area contributed by atoms with Gasteiger partial charge in [0.05, 0.1) is 12.0 Å². The lowest BCUT2D eigenvalue weighted by molar-refractivity contribution is -0.129. The van der Waals surface area contributed by atoms with Gasteiger partial charge in [-0.05, 0) is 18.1 Å². The van der Waals surface area contributed by atoms with Gasteiger partial charge in [-0.15, -0.1) is 0 Å². The number of carbonyl (C=O) groups is 3. The second kappa shape index (κ2) is 6.62. The predicted molar refractivity (Wildman–Crippen MR) is 103 cm³/mol. The van der Waals surface area contributed by atoms with Gasteiger partial charge in [0.1, 0.15) is 0 Å². The van der Waals surface area contributed by atoms with Crippen LogP contribution < -0.4 is 5.32 Å². The minimum atomic E-state index is -0.620. The fraction of sp³-hybridized carbons (Fsp3) is 0.261. The van der Waals surface area contributed by atoms with E-state index >= 15 is 0 Å². The van der Waals surface area contributed by atoms with Gasteiger partial charge < -0.3 is 5.32 Å². The van der Waals surface area contributed by atoms with Crippen LogP contribution in [-0.4, -0.2) is 23.5 Å². The third kappa shape index (κ3) is 2.81. The molecule has 27 heavy (non-hydrogen) atoms. The first-order valence-corrected chi connectivity index (χ1v) is 9.20. The summed E-state index contributed by atoms with van der Waals surface area (Å²) in [7, 11) is 0. The number of benzene rings is 2. The van der Waals surface area contributed by atoms with E-state index in [0.29, 0.717) is 11.1 Å². The molecule has 0 radical (unpaired) electrons. The number of Topliss-reactive ketones (excluding diaryl/α,β-unsaturated/α-hetero) is 2. The van der Waals surface area contributed by atoms with Crippen molar-refractivity contribution in [2.75, 3.05) is 0 Å². The number of hydrogen-bond donors (Lipinski definition) is 1. The molecule has 0 bridgehead atoms. The van der Waals surface area contributed by atoms with E-state index < -0.39 is 23.8 Å². The van der Waals surface area contributed by atoms with E-state index in [-0.39, 0.29) is 17.5 Å². The molecule has 1 fully saturated rings. The molecule has 1 aliphatic heterocycles. The van der Waals surface area contributed by atoms with E-state index in [0.717, 1.165) is 11.1 Å². The molecule has 0 saturated carbocycles. The fourth-order valence-corrected chi connectivity index (χ4v) is 4.33. The Morgan fingerprint density at radius 2 is 1.41 bits per heavy atom. The smallest absolute Gasteiger partial charge is 0.224 e. The summed E-state index contributed by atoms with van der Waals surface area (Å²) in [5.74, 6) is -2.06. The summed E-state index contributed by atoms with van der Waals surface area (Å²) in [5, 5.41) is 2.99. The van der Waals surface area contributed by atoms with Gasteiger partial charge in [0.2, 0.25) is 5.91 Å². The van der Waals surface area contributed by atoms with Crippen LogP contribution in [-0.2, 0) is 4.79 Å². The molecule has 1 amide bonds. The normalized spacial score (nSPS) is 27.6. The van der Waals surface area contributed by atoms with Crippen LogP contribution in [0.5, 0.6) is 0 Å². The summed E-state index contributed by atoms with van der Waals surface area (Å²) in [5.41, 5.74) is 2.77. The number of rotatable bonds is 2. The van der Waals surface area contributed by atoms with Gasteiger partial charge in [-0.25, -0.2) is 0 Å². The first-order chi connectivity index (χ1) is 13.0. The Bertz CT molecular complexity index is 961. The van der Waals surface area contributed by atoms with Crippen molar-refractivity contribution in [1.29, 1.82) is 0 Å². The van der Waals surface area contributed by atoms with Crippen LogP contribution in [0, 0.1) is 17.8 Å². The Labute approximate surface area is 158 Å². The van der Waals surface area contributed by atoms with Gasteiger partial charge in [-0.1, -0.05) is 67.6 Å². The highest BCUT2D eigenvalue weighted by atomic mass is 16.2.